The summed E-state index contributed by atoms with van der Waals surface area (Å²) in [6, 6.07) is 18.5. The number of aromatic hydroxyl groups is 1. The number of fused-ring (bicyclic) bond motifs is 1. The van der Waals surface area contributed by atoms with Gasteiger partial charge < -0.3 is 16.2 Å². The molecule has 0 aliphatic rings. The van der Waals surface area contributed by atoms with Gasteiger partial charge in [0, 0.05) is 10.9 Å². The number of hydrogen-bond acceptors (Lipinski definition) is 7. The van der Waals surface area contributed by atoms with Crippen molar-refractivity contribution >= 4 is 48.3 Å². The van der Waals surface area contributed by atoms with Crippen molar-refractivity contribution in [1.82, 2.24) is 0 Å². The van der Waals surface area contributed by atoms with Gasteiger partial charge in [-0.25, -0.2) is 0 Å². The third-order valence-electron chi connectivity index (χ3n) is 5.26. The molecule has 0 aliphatic carbocycles. The maximum absolute atomic E-state index is 12.9. The van der Waals surface area contributed by atoms with Crippen LogP contribution < -0.4 is 11.1 Å². The number of benzene rings is 4. The molecule has 0 saturated carbocycles. The maximum atomic E-state index is 12.9. The first-order valence-corrected chi connectivity index (χ1v) is 12.8. The molecule has 0 unspecified atom stereocenters. The average Bonchev–Trinajstić information content (AvgIpc) is 2.80. The van der Waals surface area contributed by atoms with E-state index in [2.05, 4.69) is 5.32 Å². The highest BCUT2D eigenvalue weighted by Gasteiger charge is 2.24. The van der Waals surface area contributed by atoms with E-state index in [1.165, 1.54) is 12.1 Å². The highest BCUT2D eigenvalue weighted by atomic mass is 32.2. The number of phenolic OH excluding ortho intramolecular Hbond substituents is 1. The Labute approximate surface area is 200 Å². The number of phenols is 1. The topological polar surface area (TPSA) is 184 Å². The molecule has 4 aromatic carbocycles. The van der Waals surface area contributed by atoms with E-state index in [4.69, 9.17) is 5.73 Å². The summed E-state index contributed by atoms with van der Waals surface area (Å²) in [5.41, 5.74) is 6.67. The number of carbonyl (C=O) groups excluding carboxylic acids is 1. The van der Waals surface area contributed by atoms with Crippen LogP contribution in [0.1, 0.15) is 10.4 Å². The van der Waals surface area contributed by atoms with Crippen molar-refractivity contribution in [3.63, 3.8) is 0 Å². The Morgan fingerprint density at radius 2 is 1.40 bits per heavy atom. The molecule has 4 aromatic rings. The van der Waals surface area contributed by atoms with Crippen molar-refractivity contribution in [2.45, 2.75) is 9.79 Å². The molecule has 35 heavy (non-hydrogen) atoms. The first-order valence-electron chi connectivity index (χ1n) is 9.87. The number of amides is 1. The van der Waals surface area contributed by atoms with Crippen LogP contribution in [0.3, 0.4) is 0 Å². The SMILES string of the molecule is Nc1c(S(=O)(=O)O)cc2cc(S(=O)(=O)O)cc(NC(=O)c3ccc(-c4ccccc4)cc3)c2c1O. The second-order valence-electron chi connectivity index (χ2n) is 7.55. The summed E-state index contributed by atoms with van der Waals surface area (Å²) in [6.45, 7) is 0. The fourth-order valence-corrected chi connectivity index (χ4v) is 4.78. The minimum atomic E-state index is -4.89. The quantitative estimate of drug-likeness (QED) is 0.151. The molecule has 0 fully saturated rings. The molecule has 1 amide bonds. The summed E-state index contributed by atoms with van der Waals surface area (Å²) in [4.78, 5) is 11.4. The van der Waals surface area contributed by atoms with Gasteiger partial charge in [-0.3, -0.25) is 13.9 Å². The van der Waals surface area contributed by atoms with Crippen LogP contribution in [0.2, 0.25) is 0 Å². The average molecular weight is 515 g/mol. The summed E-state index contributed by atoms with van der Waals surface area (Å²) in [6.07, 6.45) is 0. The van der Waals surface area contributed by atoms with E-state index in [1.807, 2.05) is 30.3 Å². The summed E-state index contributed by atoms with van der Waals surface area (Å²) < 4.78 is 65.7. The van der Waals surface area contributed by atoms with Gasteiger partial charge in [0.25, 0.3) is 26.1 Å². The van der Waals surface area contributed by atoms with E-state index >= 15 is 0 Å². The predicted octanol–water partition coefficient (Wildman–Crippen LogP) is 3.54. The summed E-state index contributed by atoms with van der Waals surface area (Å²) >= 11 is 0. The summed E-state index contributed by atoms with van der Waals surface area (Å²) in [7, 11) is -9.69. The Bertz CT molecular complexity index is 1680. The van der Waals surface area contributed by atoms with Crippen molar-refractivity contribution < 1.29 is 35.8 Å². The van der Waals surface area contributed by atoms with Crippen LogP contribution in [0.15, 0.2) is 82.6 Å². The Morgan fingerprint density at radius 1 is 0.800 bits per heavy atom. The summed E-state index contributed by atoms with van der Waals surface area (Å²) in [5, 5.41) is 12.6. The van der Waals surface area contributed by atoms with Crippen LogP contribution in [-0.4, -0.2) is 37.0 Å². The van der Waals surface area contributed by atoms with Gasteiger partial charge in [-0.2, -0.15) is 16.8 Å². The molecule has 0 atom stereocenters. The van der Waals surface area contributed by atoms with E-state index in [0.717, 1.165) is 29.3 Å². The molecule has 0 heterocycles. The Balaban J connectivity index is 1.82. The van der Waals surface area contributed by atoms with E-state index in [-0.39, 0.29) is 22.0 Å². The Morgan fingerprint density at radius 3 is 1.97 bits per heavy atom. The van der Waals surface area contributed by atoms with Crippen molar-refractivity contribution in [3.05, 3.63) is 78.4 Å². The highest BCUT2D eigenvalue weighted by Crippen LogP contribution is 2.41. The van der Waals surface area contributed by atoms with Crippen molar-refractivity contribution in [2.24, 2.45) is 0 Å². The van der Waals surface area contributed by atoms with Gasteiger partial charge in [0.05, 0.1) is 16.3 Å². The van der Waals surface area contributed by atoms with Crippen molar-refractivity contribution in [1.29, 1.82) is 0 Å². The predicted molar refractivity (Wildman–Crippen MR) is 129 cm³/mol. The van der Waals surface area contributed by atoms with Crippen LogP contribution in [0.5, 0.6) is 5.75 Å². The molecule has 0 aliphatic heterocycles. The largest absolute Gasteiger partial charge is 0.505 e. The van der Waals surface area contributed by atoms with Gasteiger partial charge in [-0.1, -0.05) is 42.5 Å². The minimum Gasteiger partial charge on any atom is -0.505 e. The van der Waals surface area contributed by atoms with E-state index in [1.54, 1.807) is 12.1 Å². The molecule has 0 aromatic heterocycles. The maximum Gasteiger partial charge on any atom is 0.296 e. The molecule has 12 heteroatoms. The second kappa shape index (κ2) is 8.67. The third kappa shape index (κ3) is 4.81. The number of nitrogen functional groups attached to an aromatic ring is 1. The number of rotatable bonds is 5. The standard InChI is InChI=1S/C23H18N2O8S2/c24-21-19(35(31,32)33)11-16-10-17(34(28,29)30)12-18(20(16)22(21)26)25-23(27)15-8-6-14(7-9-15)13-4-2-1-3-5-13/h1-12,26H,24H2,(H,25,27)(H,28,29,30)(H,31,32,33). The van der Waals surface area contributed by atoms with Crippen molar-refractivity contribution in [2.75, 3.05) is 11.1 Å². The lowest BCUT2D eigenvalue weighted by molar-refractivity contribution is 0.102. The lowest BCUT2D eigenvalue weighted by Crippen LogP contribution is -2.13. The zero-order valence-corrected chi connectivity index (χ0v) is 19.3. The molecule has 0 radical (unpaired) electrons. The third-order valence-corrected chi connectivity index (χ3v) is 6.99. The van der Waals surface area contributed by atoms with Crippen molar-refractivity contribution in [3.8, 4) is 16.9 Å². The van der Waals surface area contributed by atoms with Gasteiger partial charge in [-0.05, 0) is 46.8 Å². The number of hydrogen-bond donors (Lipinski definition) is 5. The molecule has 0 saturated heterocycles. The summed E-state index contributed by atoms with van der Waals surface area (Å²) in [5.74, 6) is -1.50. The lowest BCUT2D eigenvalue weighted by atomic mass is 10.0. The van der Waals surface area contributed by atoms with E-state index in [9.17, 15) is 35.8 Å². The van der Waals surface area contributed by atoms with Gasteiger partial charge in [0.1, 0.15) is 10.6 Å². The minimum absolute atomic E-state index is 0.192. The number of carbonyl (C=O) groups is 1. The van der Waals surface area contributed by atoms with Crippen LogP contribution >= 0.6 is 0 Å². The van der Waals surface area contributed by atoms with E-state index in [0.29, 0.717) is 0 Å². The smallest absolute Gasteiger partial charge is 0.296 e. The van der Waals surface area contributed by atoms with Crippen LogP contribution in [0.25, 0.3) is 21.9 Å². The highest BCUT2D eigenvalue weighted by molar-refractivity contribution is 7.86. The molecule has 0 spiro atoms. The zero-order valence-electron chi connectivity index (χ0n) is 17.7. The van der Waals surface area contributed by atoms with Gasteiger partial charge in [-0.15, -0.1) is 0 Å². The van der Waals surface area contributed by atoms with Gasteiger partial charge in [0.2, 0.25) is 0 Å². The number of nitrogens with one attached hydrogen (secondary N) is 1. The number of anilines is 2. The molecule has 180 valence electrons. The normalized spacial score (nSPS) is 11.9. The van der Waals surface area contributed by atoms with Gasteiger partial charge in [0.15, 0.2) is 0 Å². The second-order valence-corrected chi connectivity index (χ2v) is 10.4. The Hall–Kier alpha value is -3.97. The monoisotopic (exact) mass is 514 g/mol. The first-order chi connectivity index (χ1) is 16.4. The zero-order chi connectivity index (χ0) is 25.5. The number of nitrogens with two attached hydrogens (primary N) is 1. The van der Waals surface area contributed by atoms with Crippen LogP contribution in [0.4, 0.5) is 11.4 Å². The first kappa shape index (κ1) is 24.2. The molecular weight excluding hydrogens is 496 g/mol. The fourth-order valence-electron chi connectivity index (χ4n) is 3.59. The van der Waals surface area contributed by atoms with Crippen LogP contribution in [0, 0.1) is 0 Å². The molecule has 0 bridgehead atoms. The molecule has 4 rings (SSSR count). The van der Waals surface area contributed by atoms with Crippen LogP contribution in [-0.2, 0) is 20.2 Å². The molecular formula is C23H18N2O8S2. The van der Waals surface area contributed by atoms with E-state index < -0.39 is 47.4 Å². The fraction of sp³-hybridized carbons (Fsp3) is 0. The Kier molecular flexibility index (Phi) is 5.99. The molecule has 6 N–H and O–H groups in total. The lowest BCUT2D eigenvalue weighted by Gasteiger charge is -2.15. The molecule has 10 nitrogen and oxygen atoms in total. The van der Waals surface area contributed by atoms with Gasteiger partial charge >= 0.3 is 0 Å².